The lowest BCUT2D eigenvalue weighted by Gasteiger charge is -2.39. The van der Waals surface area contributed by atoms with E-state index in [1.807, 2.05) is 0 Å². The molecule has 0 saturated heterocycles. The van der Waals surface area contributed by atoms with E-state index in [2.05, 4.69) is 126 Å². The first-order chi connectivity index (χ1) is 32.4. The molecular weight excluding hydrogens is 847 g/mol. The van der Waals surface area contributed by atoms with Crippen molar-refractivity contribution < 1.29 is 18.9 Å². The maximum absolute atomic E-state index is 6.37. The van der Waals surface area contributed by atoms with E-state index in [-0.39, 0.29) is 28.1 Å². The topological polar surface area (TPSA) is 36.9 Å². The Morgan fingerprint density at radius 1 is 0.394 bits per heavy atom. The third kappa shape index (κ3) is 13.6. The van der Waals surface area contributed by atoms with Gasteiger partial charge in [-0.2, -0.15) is 0 Å². The fourth-order valence-electron chi connectivity index (χ4n) is 11.6. The van der Waals surface area contributed by atoms with Gasteiger partial charge in [0.2, 0.25) is 0 Å². The third-order valence-electron chi connectivity index (χ3n) is 14.4. The highest BCUT2D eigenvalue weighted by Gasteiger charge is 2.36. The molecule has 6 heteroatoms. The van der Waals surface area contributed by atoms with Gasteiger partial charge in [-0.3, -0.25) is 0 Å². The van der Waals surface area contributed by atoms with Gasteiger partial charge in [0.05, 0.1) is 36.5 Å². The quantitative estimate of drug-likeness (QED) is 0.0932. The van der Waals surface area contributed by atoms with E-state index in [0.717, 1.165) is 77.3 Å². The Morgan fingerprint density at radius 2 is 0.697 bits per heavy atom. The first kappa shape index (κ1) is 50.8. The Bertz CT molecular complexity index is 1930. The molecule has 0 radical (unpaired) electrons. The highest BCUT2D eigenvalue weighted by Crippen LogP contribution is 2.59. The van der Waals surface area contributed by atoms with Crippen LogP contribution < -0.4 is 29.6 Å². The third-order valence-corrected chi connectivity index (χ3v) is 21.5. The number of ether oxygens (including phenoxy) is 4. The van der Waals surface area contributed by atoms with Crippen molar-refractivity contribution in [3.05, 3.63) is 84.9 Å². The van der Waals surface area contributed by atoms with E-state index >= 15 is 0 Å². The summed E-state index contributed by atoms with van der Waals surface area (Å²) in [7, 11) is -0.411. The van der Waals surface area contributed by atoms with Crippen LogP contribution in [0.4, 0.5) is 0 Å². The van der Waals surface area contributed by atoms with Gasteiger partial charge in [-0.05, 0) is 161 Å². The van der Waals surface area contributed by atoms with E-state index < -0.39 is 0 Å². The lowest BCUT2D eigenvalue weighted by atomic mass is 9.99. The van der Waals surface area contributed by atoms with Crippen molar-refractivity contribution in [1.29, 1.82) is 0 Å². The number of rotatable bonds is 18. The summed E-state index contributed by atoms with van der Waals surface area (Å²) in [4.78, 5) is 0. The second-order valence-corrected chi connectivity index (χ2v) is 25.8. The summed E-state index contributed by atoms with van der Waals surface area (Å²) >= 11 is 0. The maximum Gasteiger partial charge on any atom is 0.131 e. The molecule has 4 aliphatic carbocycles. The van der Waals surface area contributed by atoms with Gasteiger partial charge in [-0.15, -0.1) is 0 Å². The van der Waals surface area contributed by atoms with Crippen LogP contribution in [0.15, 0.2) is 84.9 Å². The lowest BCUT2D eigenvalue weighted by Crippen LogP contribution is -2.27. The van der Waals surface area contributed by atoms with Gasteiger partial charge in [-0.25, -0.2) is 0 Å². The van der Waals surface area contributed by atoms with Crippen molar-refractivity contribution in [2.75, 3.05) is 13.2 Å². The second-order valence-electron chi connectivity index (χ2n) is 20.3. The zero-order valence-corrected chi connectivity index (χ0v) is 43.8. The summed E-state index contributed by atoms with van der Waals surface area (Å²) in [5.41, 5.74) is 8.56. The zero-order valence-electron chi connectivity index (χ0n) is 42.0. The fraction of sp³-hybridized carbons (Fsp3) is 0.600. The molecular formula is C60H86O4P2. The Kier molecular flexibility index (Phi) is 20.5. The number of benzene rings is 4. The van der Waals surface area contributed by atoms with Gasteiger partial charge in [0.1, 0.15) is 23.0 Å². The van der Waals surface area contributed by atoms with Crippen LogP contribution in [0.5, 0.6) is 23.0 Å². The molecule has 360 valence electrons. The molecule has 0 heterocycles. The largest absolute Gasteiger partial charge is 0.493 e. The standard InChI is InChI=1S/2C30H43O2P/c1-22(2)31-27-19-13-20-28(32-23(3)4)30(27)26-18-11-12-21-29(26)33(24-14-7-5-8-15-24)25-16-9-6-10-17-25;1-3-22-31-27-19-13-20-28(32-23-4-2)30(27)26-18-11-12-21-29(26)33(24-14-7-5-8-15-24)25-16-9-6-10-17-25/h11-13,18-25H,5-10,14-17H2,1-4H3;11-13,18-21,24-25H,3-10,14-17,22-23H2,1-2H3. The normalized spacial score (nSPS) is 18.1. The molecule has 0 aliphatic heterocycles. The molecule has 0 atom stereocenters. The van der Waals surface area contributed by atoms with Crippen molar-refractivity contribution in [3.8, 4) is 45.3 Å². The van der Waals surface area contributed by atoms with Crippen LogP contribution in [0, 0.1) is 0 Å². The lowest BCUT2D eigenvalue weighted by molar-refractivity contribution is 0.231. The van der Waals surface area contributed by atoms with Crippen molar-refractivity contribution in [2.45, 2.75) is 218 Å². The van der Waals surface area contributed by atoms with Gasteiger partial charge in [0.25, 0.3) is 0 Å². The summed E-state index contributed by atoms with van der Waals surface area (Å²) in [5.74, 6) is 3.89. The Morgan fingerprint density at radius 3 is 1.02 bits per heavy atom. The van der Waals surface area contributed by atoms with E-state index in [4.69, 9.17) is 18.9 Å². The van der Waals surface area contributed by atoms with Crippen LogP contribution in [0.25, 0.3) is 22.3 Å². The Hall–Kier alpha value is -3.06. The monoisotopic (exact) mass is 933 g/mol. The van der Waals surface area contributed by atoms with Crippen molar-refractivity contribution >= 4 is 26.5 Å². The smallest absolute Gasteiger partial charge is 0.131 e. The minimum atomic E-state index is -0.213. The molecule has 8 rings (SSSR count). The van der Waals surface area contributed by atoms with Crippen LogP contribution in [-0.2, 0) is 0 Å². The van der Waals surface area contributed by atoms with Crippen LogP contribution in [0.1, 0.15) is 183 Å². The molecule has 0 unspecified atom stereocenters. The molecule has 4 aromatic carbocycles. The average Bonchev–Trinajstić information content (AvgIpc) is 3.35. The molecule has 0 bridgehead atoms. The van der Waals surface area contributed by atoms with Crippen molar-refractivity contribution in [1.82, 2.24) is 0 Å². The predicted molar refractivity (Wildman–Crippen MR) is 287 cm³/mol. The fourth-order valence-corrected chi connectivity index (χ4v) is 19.5. The summed E-state index contributed by atoms with van der Waals surface area (Å²) < 4.78 is 25.4. The van der Waals surface area contributed by atoms with E-state index in [1.54, 1.807) is 10.6 Å². The van der Waals surface area contributed by atoms with E-state index in [1.165, 1.54) is 145 Å². The molecule has 4 fully saturated rings. The van der Waals surface area contributed by atoms with E-state index in [9.17, 15) is 0 Å². The molecule has 4 aliphatic rings. The number of hydrogen-bond donors (Lipinski definition) is 0. The molecule has 0 spiro atoms. The van der Waals surface area contributed by atoms with Gasteiger partial charge >= 0.3 is 0 Å². The van der Waals surface area contributed by atoms with Crippen LogP contribution in [-0.4, -0.2) is 48.1 Å². The SMILES string of the molecule is CC(C)Oc1cccc(OC(C)C)c1-c1ccccc1P(C1CCCCC1)C1CCCCC1.CCCOc1cccc(OCCC)c1-c1ccccc1P(C1CCCCC1)C1CCCCC1. The average molecular weight is 933 g/mol. The second kappa shape index (κ2) is 26.6. The van der Waals surface area contributed by atoms with Crippen molar-refractivity contribution in [3.63, 3.8) is 0 Å². The van der Waals surface area contributed by atoms with Crippen molar-refractivity contribution in [2.24, 2.45) is 0 Å². The Labute approximate surface area is 404 Å². The zero-order chi connectivity index (χ0) is 46.1. The van der Waals surface area contributed by atoms with Crippen LogP contribution >= 0.6 is 15.8 Å². The van der Waals surface area contributed by atoms with Crippen LogP contribution in [0.2, 0.25) is 0 Å². The van der Waals surface area contributed by atoms with Gasteiger partial charge < -0.3 is 18.9 Å². The minimum absolute atomic E-state index is 0.128. The minimum Gasteiger partial charge on any atom is -0.493 e. The summed E-state index contributed by atoms with van der Waals surface area (Å²) in [6.07, 6.45) is 30.6. The predicted octanol–water partition coefficient (Wildman–Crippen LogP) is 17.4. The van der Waals surface area contributed by atoms with Gasteiger partial charge in [0, 0.05) is 0 Å². The highest BCUT2D eigenvalue weighted by molar-refractivity contribution is 7.67. The molecule has 0 amide bonds. The maximum atomic E-state index is 6.37. The highest BCUT2D eigenvalue weighted by atomic mass is 31.1. The Balaban J connectivity index is 0.000000196. The van der Waals surface area contributed by atoms with Gasteiger partial charge in [0.15, 0.2) is 0 Å². The molecule has 4 saturated carbocycles. The summed E-state index contributed by atoms with van der Waals surface area (Å²) in [6.45, 7) is 14.3. The molecule has 4 aromatic rings. The molecule has 0 N–H and O–H groups in total. The molecule has 66 heavy (non-hydrogen) atoms. The summed E-state index contributed by atoms with van der Waals surface area (Å²) in [6, 6.07) is 31.3. The molecule has 4 nitrogen and oxygen atoms in total. The molecule has 0 aromatic heterocycles. The number of hydrogen-bond acceptors (Lipinski definition) is 4. The first-order valence-electron chi connectivity index (χ1n) is 27.0. The van der Waals surface area contributed by atoms with E-state index in [0.29, 0.717) is 0 Å². The first-order valence-corrected chi connectivity index (χ1v) is 29.9. The summed E-state index contributed by atoms with van der Waals surface area (Å²) in [5, 5.41) is 3.21. The van der Waals surface area contributed by atoms with Crippen LogP contribution in [0.3, 0.4) is 0 Å². The van der Waals surface area contributed by atoms with Gasteiger partial charge in [-0.1, -0.05) is 167 Å².